The van der Waals surface area contributed by atoms with Crippen LogP contribution in [0.4, 0.5) is 17.6 Å². The normalized spacial score (nSPS) is 14.5. The number of alkyl halides is 4. The van der Waals surface area contributed by atoms with Crippen molar-refractivity contribution in [1.29, 1.82) is 10.8 Å². The van der Waals surface area contributed by atoms with Gasteiger partial charge in [0.15, 0.2) is 6.61 Å². The lowest BCUT2D eigenvalue weighted by Crippen LogP contribution is -2.34. The monoisotopic (exact) mass is 353 g/mol. The van der Waals surface area contributed by atoms with Gasteiger partial charge < -0.3 is 10.1 Å². The smallest absolute Gasteiger partial charge is 0.340 e. The van der Waals surface area contributed by atoms with Gasteiger partial charge in [-0.25, -0.2) is 8.78 Å². The zero-order valence-corrected chi connectivity index (χ0v) is 11.3. The van der Waals surface area contributed by atoms with Crippen LogP contribution in [-0.4, -0.2) is 30.6 Å². The van der Waals surface area contributed by atoms with Crippen LogP contribution >= 0.6 is 15.9 Å². The number of rotatable bonds is 4. The quantitative estimate of drug-likeness (QED) is 0.728. The Labute approximate surface area is 119 Å². The van der Waals surface area contributed by atoms with E-state index in [1.54, 1.807) is 0 Å². The van der Waals surface area contributed by atoms with Gasteiger partial charge in [-0.1, -0.05) is 15.9 Å². The highest BCUT2D eigenvalue weighted by molar-refractivity contribution is 9.10. The second kappa shape index (κ2) is 5.04. The molecule has 0 saturated heterocycles. The highest BCUT2D eigenvalue weighted by atomic mass is 79.9. The first-order chi connectivity index (χ1) is 9.24. The Kier molecular flexibility index (Phi) is 3.72. The summed E-state index contributed by atoms with van der Waals surface area (Å²) in [6, 6.07) is 2.71. The number of fused-ring (bicyclic) bond motifs is 1. The van der Waals surface area contributed by atoms with Crippen molar-refractivity contribution in [2.75, 3.05) is 6.61 Å². The second-order valence-corrected chi connectivity index (χ2v) is 4.88. The first-order valence-corrected chi connectivity index (χ1v) is 6.09. The van der Waals surface area contributed by atoms with Crippen molar-refractivity contribution in [3.8, 4) is 5.75 Å². The summed E-state index contributed by atoms with van der Waals surface area (Å²) >= 11 is 3.16. The highest BCUT2D eigenvalue weighted by Gasteiger charge is 2.42. The van der Waals surface area contributed by atoms with E-state index < -0.39 is 19.0 Å². The van der Waals surface area contributed by atoms with Crippen LogP contribution in [-0.2, 0) is 0 Å². The number of benzene rings is 1. The van der Waals surface area contributed by atoms with E-state index in [2.05, 4.69) is 21.2 Å². The molecule has 9 heteroatoms. The lowest BCUT2D eigenvalue weighted by molar-refractivity contribution is -0.148. The minimum absolute atomic E-state index is 0.0921. The van der Waals surface area contributed by atoms with E-state index in [1.807, 2.05) is 0 Å². The van der Waals surface area contributed by atoms with Crippen molar-refractivity contribution in [2.24, 2.45) is 0 Å². The molecule has 4 nitrogen and oxygen atoms in total. The maximum Gasteiger partial charge on any atom is 0.340 e. The van der Waals surface area contributed by atoms with Crippen LogP contribution in [0.5, 0.6) is 5.75 Å². The second-order valence-electron chi connectivity index (χ2n) is 4.02. The standard InChI is InChI=1S/C11H8BrF4N3O/c12-4-1-2-5(20-3-11(15,16)10(13)14)7-6(4)8(17)19-9(7)18/h1-2,10H,3H2,(H3,17,18,19). The molecular weight excluding hydrogens is 346 g/mol. The van der Waals surface area contributed by atoms with Gasteiger partial charge in [0.2, 0.25) is 0 Å². The molecule has 1 aliphatic rings. The Morgan fingerprint density at radius 2 is 1.80 bits per heavy atom. The van der Waals surface area contributed by atoms with Crippen LogP contribution in [0.3, 0.4) is 0 Å². The minimum atomic E-state index is -4.28. The molecule has 20 heavy (non-hydrogen) atoms. The molecule has 1 heterocycles. The van der Waals surface area contributed by atoms with Crippen LogP contribution in [0.25, 0.3) is 0 Å². The molecule has 2 rings (SSSR count). The molecule has 0 spiro atoms. The molecule has 0 amide bonds. The van der Waals surface area contributed by atoms with Gasteiger partial charge in [0, 0.05) is 10.0 Å². The Morgan fingerprint density at radius 3 is 2.40 bits per heavy atom. The van der Waals surface area contributed by atoms with Crippen LogP contribution < -0.4 is 10.1 Å². The molecule has 0 unspecified atom stereocenters. The fourth-order valence-electron chi connectivity index (χ4n) is 1.66. The Hall–Kier alpha value is -1.64. The molecule has 1 aliphatic heterocycles. The van der Waals surface area contributed by atoms with Crippen LogP contribution in [0, 0.1) is 10.8 Å². The van der Waals surface area contributed by atoms with Crippen LogP contribution in [0.2, 0.25) is 0 Å². The average Bonchev–Trinajstić information content (AvgIpc) is 2.65. The molecule has 1 aromatic carbocycles. The SMILES string of the molecule is N=C1NC(=N)c2c(OCC(F)(F)C(F)F)ccc(Br)c21. The largest absolute Gasteiger partial charge is 0.486 e. The molecule has 108 valence electrons. The molecule has 0 atom stereocenters. The van der Waals surface area contributed by atoms with Crippen molar-refractivity contribution in [1.82, 2.24) is 5.32 Å². The van der Waals surface area contributed by atoms with Gasteiger partial charge in [0.05, 0.1) is 5.56 Å². The average molecular weight is 354 g/mol. The van der Waals surface area contributed by atoms with E-state index in [4.69, 9.17) is 15.6 Å². The summed E-state index contributed by atoms with van der Waals surface area (Å²) in [7, 11) is 0. The fraction of sp³-hybridized carbons (Fsp3) is 0.273. The third kappa shape index (κ3) is 2.49. The van der Waals surface area contributed by atoms with E-state index in [-0.39, 0.29) is 28.5 Å². The number of halogens is 5. The molecule has 0 aromatic heterocycles. The highest BCUT2D eigenvalue weighted by Crippen LogP contribution is 2.33. The van der Waals surface area contributed by atoms with Crippen molar-refractivity contribution in [3.05, 3.63) is 27.7 Å². The molecule has 0 fully saturated rings. The van der Waals surface area contributed by atoms with Crippen LogP contribution in [0.1, 0.15) is 11.1 Å². The minimum Gasteiger partial charge on any atom is -0.486 e. The van der Waals surface area contributed by atoms with Crippen molar-refractivity contribution < 1.29 is 22.3 Å². The van der Waals surface area contributed by atoms with Crippen LogP contribution in [0.15, 0.2) is 16.6 Å². The van der Waals surface area contributed by atoms with Gasteiger partial charge in [-0.3, -0.25) is 10.8 Å². The first kappa shape index (κ1) is 14.8. The summed E-state index contributed by atoms with van der Waals surface area (Å²) in [6.45, 7) is -1.50. The Bertz CT molecular complexity index is 591. The van der Waals surface area contributed by atoms with E-state index in [1.165, 1.54) is 12.1 Å². The maximum atomic E-state index is 12.8. The summed E-state index contributed by atoms with van der Waals surface area (Å²) in [4.78, 5) is 0. The number of ether oxygens (including phenoxy) is 1. The van der Waals surface area contributed by atoms with Gasteiger partial charge >= 0.3 is 12.3 Å². The molecule has 0 radical (unpaired) electrons. The third-order valence-corrected chi connectivity index (χ3v) is 3.27. The topological polar surface area (TPSA) is 69.0 Å². The first-order valence-electron chi connectivity index (χ1n) is 5.30. The van der Waals surface area contributed by atoms with E-state index in [9.17, 15) is 17.6 Å². The number of hydrogen-bond donors (Lipinski definition) is 3. The van der Waals surface area contributed by atoms with E-state index in [0.29, 0.717) is 4.47 Å². The van der Waals surface area contributed by atoms with Gasteiger partial charge in [-0.15, -0.1) is 0 Å². The van der Waals surface area contributed by atoms with Crippen molar-refractivity contribution in [2.45, 2.75) is 12.3 Å². The molecule has 0 bridgehead atoms. The van der Waals surface area contributed by atoms with E-state index in [0.717, 1.165) is 0 Å². The third-order valence-electron chi connectivity index (χ3n) is 2.61. The predicted octanol–water partition coefficient (Wildman–Crippen LogP) is 2.98. The summed E-state index contributed by atoms with van der Waals surface area (Å²) in [5.41, 5.74) is 0.363. The lowest BCUT2D eigenvalue weighted by Gasteiger charge is -2.17. The summed E-state index contributed by atoms with van der Waals surface area (Å²) in [6.07, 6.45) is -3.83. The number of hydrogen-bond acceptors (Lipinski definition) is 3. The summed E-state index contributed by atoms with van der Waals surface area (Å²) in [5, 5.41) is 17.6. The summed E-state index contributed by atoms with van der Waals surface area (Å²) in [5.74, 6) is -4.73. The van der Waals surface area contributed by atoms with E-state index >= 15 is 0 Å². The van der Waals surface area contributed by atoms with Gasteiger partial charge in [-0.2, -0.15) is 8.78 Å². The van der Waals surface area contributed by atoms with Gasteiger partial charge in [0.25, 0.3) is 0 Å². The lowest BCUT2D eigenvalue weighted by atomic mass is 10.1. The van der Waals surface area contributed by atoms with Crippen molar-refractivity contribution >= 4 is 27.6 Å². The molecular formula is C11H8BrF4N3O. The fourth-order valence-corrected chi connectivity index (χ4v) is 2.19. The zero-order chi connectivity index (χ0) is 15.1. The number of amidine groups is 2. The maximum absolute atomic E-state index is 12.8. The Balaban J connectivity index is 2.32. The molecule has 3 N–H and O–H groups in total. The number of nitrogens with one attached hydrogen (secondary N) is 3. The van der Waals surface area contributed by atoms with Gasteiger partial charge in [-0.05, 0) is 12.1 Å². The summed E-state index contributed by atoms with van der Waals surface area (Å²) < 4.78 is 55.0. The predicted molar refractivity (Wildman–Crippen MR) is 67.4 cm³/mol. The zero-order valence-electron chi connectivity index (χ0n) is 9.74. The Morgan fingerprint density at radius 1 is 1.20 bits per heavy atom. The molecule has 1 aromatic rings. The van der Waals surface area contributed by atoms with Crippen molar-refractivity contribution in [3.63, 3.8) is 0 Å². The van der Waals surface area contributed by atoms with Gasteiger partial charge in [0.1, 0.15) is 17.4 Å². The molecule has 0 aliphatic carbocycles. The molecule has 0 saturated carbocycles.